The van der Waals surface area contributed by atoms with Gasteiger partial charge in [0.15, 0.2) is 0 Å². The van der Waals surface area contributed by atoms with E-state index < -0.39 is 9.84 Å². The van der Waals surface area contributed by atoms with Gasteiger partial charge in [0, 0.05) is 17.3 Å². The van der Waals surface area contributed by atoms with Crippen LogP contribution in [0.25, 0.3) is 0 Å². The Morgan fingerprint density at radius 1 is 1.29 bits per heavy atom. The summed E-state index contributed by atoms with van der Waals surface area (Å²) in [6.45, 7) is 2.84. The second-order valence-corrected chi connectivity index (χ2v) is 6.77. The highest BCUT2D eigenvalue weighted by Gasteiger charge is 2.16. The Morgan fingerprint density at radius 3 is 2.35 bits per heavy atom. The monoisotopic (exact) mass is 275 g/mol. The van der Waals surface area contributed by atoms with Crippen molar-refractivity contribution in [2.24, 2.45) is 0 Å². The lowest BCUT2D eigenvalue weighted by molar-refractivity contribution is 0.549. The maximum Gasteiger partial charge on any atom is 0.149 e. The first-order valence-corrected chi connectivity index (χ1v) is 8.03. The van der Waals surface area contributed by atoms with Gasteiger partial charge in [0.2, 0.25) is 0 Å². The van der Waals surface area contributed by atoms with Crippen LogP contribution in [0, 0.1) is 0 Å². The Balaban J connectivity index is 2.85. The smallest absolute Gasteiger partial charge is 0.149 e. The van der Waals surface area contributed by atoms with Crippen molar-refractivity contribution in [3.63, 3.8) is 0 Å². The average molecular weight is 276 g/mol. The molecule has 0 heterocycles. The molecule has 17 heavy (non-hydrogen) atoms. The summed E-state index contributed by atoms with van der Waals surface area (Å²) in [5.41, 5.74) is 0.952. The molecule has 0 saturated heterocycles. The maximum atomic E-state index is 11.4. The van der Waals surface area contributed by atoms with Gasteiger partial charge in [-0.25, -0.2) is 8.42 Å². The largest absolute Gasteiger partial charge is 0.309 e. The molecule has 1 aromatic rings. The SMILES string of the molecule is CCCNC(CS(C)(=O)=O)c1ccc(Cl)cc1. The molecule has 96 valence electrons. The zero-order valence-corrected chi connectivity index (χ0v) is 11.7. The Hall–Kier alpha value is -0.580. The number of benzene rings is 1. The predicted octanol–water partition coefficient (Wildman–Crippen LogP) is 2.43. The second-order valence-electron chi connectivity index (χ2n) is 4.15. The second kappa shape index (κ2) is 6.38. The number of rotatable bonds is 6. The van der Waals surface area contributed by atoms with Crippen LogP contribution in [0.15, 0.2) is 24.3 Å². The Kier molecular flexibility index (Phi) is 5.43. The molecule has 0 bridgehead atoms. The first-order valence-electron chi connectivity index (χ1n) is 5.59. The van der Waals surface area contributed by atoms with Crippen molar-refractivity contribution in [3.05, 3.63) is 34.9 Å². The minimum atomic E-state index is -3.01. The van der Waals surface area contributed by atoms with Crippen LogP contribution < -0.4 is 5.32 Å². The lowest BCUT2D eigenvalue weighted by atomic mass is 10.1. The van der Waals surface area contributed by atoms with Gasteiger partial charge in [-0.3, -0.25) is 0 Å². The van der Waals surface area contributed by atoms with Gasteiger partial charge in [0.1, 0.15) is 9.84 Å². The van der Waals surface area contributed by atoms with Gasteiger partial charge in [-0.2, -0.15) is 0 Å². The van der Waals surface area contributed by atoms with E-state index >= 15 is 0 Å². The maximum absolute atomic E-state index is 11.4. The molecule has 0 aliphatic carbocycles. The summed E-state index contributed by atoms with van der Waals surface area (Å²) in [4.78, 5) is 0. The summed E-state index contributed by atoms with van der Waals surface area (Å²) in [5, 5.41) is 3.89. The van der Waals surface area contributed by atoms with Gasteiger partial charge in [0.05, 0.1) is 5.75 Å². The van der Waals surface area contributed by atoms with Crippen LogP contribution in [0.3, 0.4) is 0 Å². The van der Waals surface area contributed by atoms with Crippen LogP contribution in [0.2, 0.25) is 5.02 Å². The third-order valence-electron chi connectivity index (χ3n) is 2.38. The Bertz CT molecular complexity index is 442. The minimum Gasteiger partial charge on any atom is -0.309 e. The van der Waals surface area contributed by atoms with E-state index in [9.17, 15) is 8.42 Å². The molecule has 0 fully saturated rings. The molecule has 0 spiro atoms. The van der Waals surface area contributed by atoms with Crippen LogP contribution in [0.1, 0.15) is 24.9 Å². The fraction of sp³-hybridized carbons (Fsp3) is 0.500. The van der Waals surface area contributed by atoms with E-state index in [1.165, 1.54) is 6.26 Å². The summed E-state index contributed by atoms with van der Waals surface area (Å²) in [6, 6.07) is 7.11. The number of halogens is 1. The fourth-order valence-electron chi connectivity index (χ4n) is 1.59. The summed E-state index contributed by atoms with van der Waals surface area (Å²) in [5.74, 6) is 0.106. The molecule has 3 nitrogen and oxygen atoms in total. The van der Waals surface area contributed by atoms with Gasteiger partial charge < -0.3 is 5.32 Å². The minimum absolute atomic E-state index is 0.106. The van der Waals surface area contributed by atoms with Gasteiger partial charge >= 0.3 is 0 Å². The molecule has 5 heteroatoms. The first kappa shape index (κ1) is 14.5. The summed E-state index contributed by atoms with van der Waals surface area (Å²) in [7, 11) is -3.01. The van der Waals surface area contributed by atoms with Crippen LogP contribution >= 0.6 is 11.6 Å². The van der Waals surface area contributed by atoms with Crippen molar-refractivity contribution in [2.75, 3.05) is 18.6 Å². The van der Waals surface area contributed by atoms with Crippen molar-refractivity contribution < 1.29 is 8.42 Å². The van der Waals surface area contributed by atoms with Crippen molar-refractivity contribution >= 4 is 21.4 Å². The van der Waals surface area contributed by atoms with Crippen LogP contribution in [-0.4, -0.2) is 27.0 Å². The van der Waals surface area contributed by atoms with Crippen LogP contribution in [0.5, 0.6) is 0 Å². The number of sulfone groups is 1. The van der Waals surface area contributed by atoms with Gasteiger partial charge in [-0.05, 0) is 30.7 Å². The predicted molar refractivity (Wildman–Crippen MR) is 72.2 cm³/mol. The first-order chi connectivity index (χ1) is 7.92. The Labute approximate surface area is 108 Å². The molecular formula is C12H18ClNO2S. The van der Waals surface area contributed by atoms with Gasteiger partial charge in [0.25, 0.3) is 0 Å². The molecule has 0 amide bonds. The Morgan fingerprint density at radius 2 is 1.88 bits per heavy atom. The molecule has 1 unspecified atom stereocenters. The van der Waals surface area contributed by atoms with E-state index in [1.807, 2.05) is 19.1 Å². The highest BCUT2D eigenvalue weighted by molar-refractivity contribution is 7.90. The molecule has 0 radical (unpaired) electrons. The molecular weight excluding hydrogens is 258 g/mol. The van der Waals surface area contributed by atoms with E-state index in [4.69, 9.17) is 11.6 Å². The van der Waals surface area contributed by atoms with E-state index in [1.54, 1.807) is 12.1 Å². The lowest BCUT2D eigenvalue weighted by Gasteiger charge is -2.18. The van der Waals surface area contributed by atoms with E-state index in [0.29, 0.717) is 5.02 Å². The van der Waals surface area contributed by atoms with E-state index in [2.05, 4.69) is 5.32 Å². The zero-order chi connectivity index (χ0) is 12.9. The van der Waals surface area contributed by atoms with Crippen LogP contribution in [-0.2, 0) is 9.84 Å². The van der Waals surface area contributed by atoms with Crippen LogP contribution in [0.4, 0.5) is 0 Å². The molecule has 1 atom stereocenters. The molecule has 0 aliphatic rings. The molecule has 0 aliphatic heterocycles. The fourth-order valence-corrected chi connectivity index (χ4v) is 2.63. The quantitative estimate of drug-likeness (QED) is 0.867. The normalized spacial score (nSPS) is 13.6. The average Bonchev–Trinajstić information content (AvgIpc) is 2.24. The third-order valence-corrected chi connectivity index (χ3v) is 3.57. The topological polar surface area (TPSA) is 46.2 Å². The number of hydrogen-bond donors (Lipinski definition) is 1. The molecule has 0 saturated carbocycles. The number of nitrogens with one attached hydrogen (secondary N) is 1. The van der Waals surface area contributed by atoms with Crippen molar-refractivity contribution in [3.8, 4) is 0 Å². The van der Waals surface area contributed by atoms with Gasteiger partial charge in [-0.15, -0.1) is 0 Å². The van der Waals surface area contributed by atoms with Crippen molar-refractivity contribution in [1.82, 2.24) is 5.32 Å². The molecule has 1 rings (SSSR count). The summed E-state index contributed by atoms with van der Waals surface area (Å²) in [6.07, 6.45) is 2.22. The van der Waals surface area contributed by atoms with E-state index in [0.717, 1.165) is 18.5 Å². The molecule has 0 aromatic heterocycles. The highest BCUT2D eigenvalue weighted by atomic mass is 35.5. The number of hydrogen-bond acceptors (Lipinski definition) is 3. The van der Waals surface area contributed by atoms with E-state index in [-0.39, 0.29) is 11.8 Å². The molecule has 1 aromatic carbocycles. The zero-order valence-electron chi connectivity index (χ0n) is 10.1. The van der Waals surface area contributed by atoms with Crippen molar-refractivity contribution in [2.45, 2.75) is 19.4 Å². The summed E-state index contributed by atoms with van der Waals surface area (Å²) >= 11 is 5.82. The molecule has 1 N–H and O–H groups in total. The van der Waals surface area contributed by atoms with Gasteiger partial charge in [-0.1, -0.05) is 30.7 Å². The third kappa shape index (κ3) is 5.52. The van der Waals surface area contributed by atoms with Crippen molar-refractivity contribution in [1.29, 1.82) is 0 Å². The highest BCUT2D eigenvalue weighted by Crippen LogP contribution is 2.18. The lowest BCUT2D eigenvalue weighted by Crippen LogP contribution is -2.28. The summed E-state index contributed by atoms with van der Waals surface area (Å²) < 4.78 is 22.8. The standard InChI is InChI=1S/C12H18ClNO2S/c1-3-8-14-12(9-17(2,15)16)10-4-6-11(13)7-5-10/h4-7,12,14H,3,8-9H2,1-2H3.